The first-order valence-corrected chi connectivity index (χ1v) is 6.79. The lowest BCUT2D eigenvalue weighted by Crippen LogP contribution is -2.21. The van der Waals surface area contributed by atoms with Crippen LogP contribution in [0.4, 0.5) is 5.69 Å². The van der Waals surface area contributed by atoms with E-state index in [1.165, 1.54) is 24.3 Å². The lowest BCUT2D eigenvalue weighted by molar-refractivity contribution is -0.119. The van der Waals surface area contributed by atoms with Gasteiger partial charge in [-0.25, -0.2) is 4.79 Å². The minimum Gasteiger partial charge on any atom is -0.508 e. The normalized spacial score (nSPS) is 10.1. The molecule has 22 heavy (non-hydrogen) atoms. The summed E-state index contributed by atoms with van der Waals surface area (Å²) >= 11 is 0. The number of aromatic hydroxyl groups is 1. The number of anilines is 1. The first kappa shape index (κ1) is 15.6. The molecular weight excluding hydrogens is 282 g/mol. The van der Waals surface area contributed by atoms with E-state index in [-0.39, 0.29) is 17.9 Å². The largest absolute Gasteiger partial charge is 0.508 e. The van der Waals surface area contributed by atoms with E-state index in [1.54, 1.807) is 0 Å². The van der Waals surface area contributed by atoms with Gasteiger partial charge in [0, 0.05) is 5.69 Å². The fourth-order valence-electron chi connectivity index (χ4n) is 1.95. The predicted octanol–water partition coefficient (Wildman–Crippen LogP) is 2.80. The Balaban J connectivity index is 1.89. The molecule has 0 saturated heterocycles. The topological polar surface area (TPSA) is 75.6 Å². The number of nitrogens with one attached hydrogen (secondary N) is 1. The number of hydrogen-bond acceptors (Lipinski definition) is 4. The number of carbonyl (C=O) groups excluding carboxylic acids is 2. The van der Waals surface area contributed by atoms with Crippen molar-refractivity contribution in [2.45, 2.75) is 13.8 Å². The van der Waals surface area contributed by atoms with Crippen molar-refractivity contribution in [1.82, 2.24) is 0 Å². The second kappa shape index (κ2) is 6.76. The molecule has 2 rings (SSSR count). The van der Waals surface area contributed by atoms with E-state index < -0.39 is 11.9 Å². The van der Waals surface area contributed by atoms with E-state index in [0.717, 1.165) is 11.1 Å². The molecule has 0 atom stereocenters. The highest BCUT2D eigenvalue weighted by Gasteiger charge is 2.11. The Hall–Kier alpha value is -2.82. The van der Waals surface area contributed by atoms with Crippen LogP contribution in [0, 0.1) is 13.8 Å². The van der Waals surface area contributed by atoms with Gasteiger partial charge in [-0.15, -0.1) is 0 Å². The molecule has 5 nitrogen and oxygen atoms in total. The lowest BCUT2D eigenvalue weighted by atomic mass is 10.1. The molecule has 0 heterocycles. The summed E-state index contributed by atoms with van der Waals surface area (Å²) in [6.07, 6.45) is 0. The molecule has 1 amide bonds. The third-order valence-corrected chi connectivity index (χ3v) is 3.09. The summed E-state index contributed by atoms with van der Waals surface area (Å²) in [6, 6.07) is 11.3. The van der Waals surface area contributed by atoms with Crippen molar-refractivity contribution in [3.63, 3.8) is 0 Å². The SMILES string of the molecule is Cc1ccc(NC(=O)COC(=O)c2ccc(O)cc2)c(C)c1. The van der Waals surface area contributed by atoms with Gasteiger partial charge in [-0.05, 0) is 49.7 Å². The fraction of sp³-hybridized carbons (Fsp3) is 0.176. The molecule has 0 radical (unpaired) electrons. The molecule has 0 fully saturated rings. The maximum absolute atomic E-state index is 11.8. The van der Waals surface area contributed by atoms with E-state index >= 15 is 0 Å². The third kappa shape index (κ3) is 4.09. The quantitative estimate of drug-likeness (QED) is 0.851. The average Bonchev–Trinajstić information content (AvgIpc) is 2.48. The van der Waals surface area contributed by atoms with Gasteiger partial charge < -0.3 is 15.2 Å². The molecule has 0 bridgehead atoms. The van der Waals surface area contributed by atoms with E-state index in [2.05, 4.69) is 5.32 Å². The van der Waals surface area contributed by atoms with Crippen LogP contribution in [0.3, 0.4) is 0 Å². The molecular formula is C17H17NO4. The van der Waals surface area contributed by atoms with Gasteiger partial charge in [-0.1, -0.05) is 17.7 Å². The van der Waals surface area contributed by atoms with Crippen molar-refractivity contribution < 1.29 is 19.4 Å². The minimum atomic E-state index is -0.615. The monoisotopic (exact) mass is 299 g/mol. The smallest absolute Gasteiger partial charge is 0.338 e. The summed E-state index contributed by atoms with van der Waals surface area (Å²) in [5, 5.41) is 11.8. The highest BCUT2D eigenvalue weighted by molar-refractivity contribution is 5.95. The van der Waals surface area contributed by atoms with Crippen LogP contribution in [-0.2, 0) is 9.53 Å². The molecule has 114 valence electrons. The van der Waals surface area contributed by atoms with Gasteiger partial charge in [0.1, 0.15) is 5.75 Å². The Morgan fingerprint density at radius 1 is 1.09 bits per heavy atom. The van der Waals surface area contributed by atoms with E-state index in [0.29, 0.717) is 5.69 Å². The van der Waals surface area contributed by atoms with Crippen molar-refractivity contribution in [2.75, 3.05) is 11.9 Å². The molecule has 0 saturated carbocycles. The summed E-state index contributed by atoms with van der Waals surface area (Å²) < 4.78 is 4.93. The molecule has 0 aromatic heterocycles. The first-order chi connectivity index (χ1) is 10.5. The van der Waals surface area contributed by atoms with Gasteiger partial charge in [0.15, 0.2) is 6.61 Å². The number of benzene rings is 2. The Bertz CT molecular complexity index is 692. The van der Waals surface area contributed by atoms with Crippen molar-refractivity contribution >= 4 is 17.6 Å². The van der Waals surface area contributed by atoms with Crippen LogP contribution in [0.1, 0.15) is 21.5 Å². The van der Waals surface area contributed by atoms with Crippen molar-refractivity contribution in [2.24, 2.45) is 0 Å². The van der Waals surface area contributed by atoms with Gasteiger partial charge in [0.05, 0.1) is 5.56 Å². The molecule has 2 aromatic carbocycles. The number of ether oxygens (including phenoxy) is 1. The molecule has 2 aromatic rings. The van der Waals surface area contributed by atoms with E-state index in [1.807, 2.05) is 32.0 Å². The molecule has 0 aliphatic rings. The fourth-order valence-corrected chi connectivity index (χ4v) is 1.95. The maximum atomic E-state index is 11.8. The number of rotatable bonds is 4. The molecule has 0 unspecified atom stereocenters. The Labute approximate surface area is 128 Å². The van der Waals surface area contributed by atoms with Crippen LogP contribution in [0.15, 0.2) is 42.5 Å². The van der Waals surface area contributed by atoms with Crippen molar-refractivity contribution in [3.05, 3.63) is 59.2 Å². The Kier molecular flexibility index (Phi) is 4.78. The molecule has 0 aliphatic heterocycles. The second-order valence-electron chi connectivity index (χ2n) is 4.99. The summed E-state index contributed by atoms with van der Waals surface area (Å²) in [4.78, 5) is 23.6. The maximum Gasteiger partial charge on any atom is 0.338 e. The average molecular weight is 299 g/mol. The Morgan fingerprint density at radius 2 is 1.77 bits per heavy atom. The number of carbonyl (C=O) groups is 2. The molecule has 0 spiro atoms. The van der Waals surface area contributed by atoms with Crippen molar-refractivity contribution in [3.8, 4) is 5.75 Å². The van der Waals surface area contributed by atoms with Gasteiger partial charge in [-0.3, -0.25) is 4.79 Å². The standard InChI is InChI=1S/C17H17NO4/c1-11-3-8-15(12(2)9-11)18-16(20)10-22-17(21)13-4-6-14(19)7-5-13/h3-9,19H,10H2,1-2H3,(H,18,20). The lowest BCUT2D eigenvalue weighted by Gasteiger charge is -2.09. The highest BCUT2D eigenvalue weighted by atomic mass is 16.5. The summed E-state index contributed by atoms with van der Waals surface area (Å²) in [5.74, 6) is -0.959. The number of phenols is 1. The minimum absolute atomic E-state index is 0.0594. The molecule has 0 aliphatic carbocycles. The zero-order valence-electron chi connectivity index (χ0n) is 12.4. The Morgan fingerprint density at radius 3 is 2.41 bits per heavy atom. The first-order valence-electron chi connectivity index (χ1n) is 6.79. The van der Waals surface area contributed by atoms with E-state index in [4.69, 9.17) is 9.84 Å². The number of esters is 1. The third-order valence-electron chi connectivity index (χ3n) is 3.09. The van der Waals surface area contributed by atoms with Crippen LogP contribution in [0.2, 0.25) is 0 Å². The van der Waals surface area contributed by atoms with Crippen LogP contribution >= 0.6 is 0 Å². The van der Waals surface area contributed by atoms with Crippen LogP contribution in [0.25, 0.3) is 0 Å². The van der Waals surface area contributed by atoms with Crippen LogP contribution in [0.5, 0.6) is 5.75 Å². The number of hydrogen-bond donors (Lipinski definition) is 2. The molecule has 2 N–H and O–H groups in total. The summed E-state index contributed by atoms with van der Waals surface area (Å²) in [7, 11) is 0. The highest BCUT2D eigenvalue weighted by Crippen LogP contribution is 2.16. The van der Waals surface area contributed by atoms with Crippen LogP contribution < -0.4 is 5.32 Å². The van der Waals surface area contributed by atoms with Gasteiger partial charge in [0.2, 0.25) is 0 Å². The van der Waals surface area contributed by atoms with Gasteiger partial charge in [0.25, 0.3) is 5.91 Å². The summed E-state index contributed by atoms with van der Waals surface area (Å²) in [5.41, 5.74) is 3.01. The van der Waals surface area contributed by atoms with Crippen LogP contribution in [-0.4, -0.2) is 23.6 Å². The zero-order valence-corrected chi connectivity index (χ0v) is 12.4. The number of phenolic OH excluding ortho intramolecular Hbond substituents is 1. The van der Waals surface area contributed by atoms with E-state index in [9.17, 15) is 9.59 Å². The van der Waals surface area contributed by atoms with Gasteiger partial charge >= 0.3 is 5.97 Å². The number of aryl methyl sites for hydroxylation is 2. The second-order valence-corrected chi connectivity index (χ2v) is 4.99. The predicted molar refractivity (Wildman–Crippen MR) is 82.9 cm³/mol. The number of amides is 1. The van der Waals surface area contributed by atoms with Gasteiger partial charge in [-0.2, -0.15) is 0 Å². The molecule has 5 heteroatoms. The van der Waals surface area contributed by atoms with Crippen molar-refractivity contribution in [1.29, 1.82) is 0 Å². The summed E-state index contributed by atoms with van der Waals surface area (Å²) in [6.45, 7) is 3.50. The zero-order chi connectivity index (χ0) is 16.1.